The fourth-order valence-electron chi connectivity index (χ4n) is 1.23. The zero-order valence-electron chi connectivity index (χ0n) is 8.64. The normalized spacial score (nSPS) is 10.1. The van der Waals surface area contributed by atoms with Gasteiger partial charge in [-0.15, -0.1) is 0 Å². The van der Waals surface area contributed by atoms with Crippen LogP contribution >= 0.6 is 27.5 Å². The molecule has 1 aromatic rings. The van der Waals surface area contributed by atoms with Crippen molar-refractivity contribution >= 4 is 33.5 Å². The summed E-state index contributed by atoms with van der Waals surface area (Å²) < 4.78 is 4.96. The molecule has 0 saturated heterocycles. The summed E-state index contributed by atoms with van der Waals surface area (Å²) in [5.41, 5.74) is 2.31. The lowest BCUT2D eigenvalue weighted by atomic mass is 10.1. The highest BCUT2D eigenvalue weighted by molar-refractivity contribution is 9.08. The molecule has 0 unspecified atom stereocenters. The lowest BCUT2D eigenvalue weighted by Gasteiger charge is -2.09. The molecule has 0 aliphatic heterocycles. The van der Waals surface area contributed by atoms with E-state index >= 15 is 0 Å². The highest BCUT2D eigenvalue weighted by atomic mass is 79.9. The second kappa shape index (κ2) is 5.52. The van der Waals surface area contributed by atoms with E-state index in [4.69, 9.17) is 16.3 Å². The van der Waals surface area contributed by atoms with Crippen LogP contribution in [0.25, 0.3) is 0 Å². The van der Waals surface area contributed by atoms with Crippen molar-refractivity contribution in [3.8, 4) is 0 Å². The standard InChI is InChI=1S/C11H12BrClO2/c1-3-15-11(14)9-4-7(2)10(13)5-8(9)6-12/h4-5H,3,6H2,1-2H3. The van der Waals surface area contributed by atoms with Gasteiger partial charge in [-0.05, 0) is 37.1 Å². The zero-order chi connectivity index (χ0) is 11.4. The topological polar surface area (TPSA) is 26.3 Å². The minimum atomic E-state index is -0.299. The van der Waals surface area contributed by atoms with Crippen LogP contribution in [-0.4, -0.2) is 12.6 Å². The first kappa shape index (κ1) is 12.5. The molecule has 4 heteroatoms. The number of hydrogen-bond acceptors (Lipinski definition) is 2. The quantitative estimate of drug-likeness (QED) is 0.627. The minimum Gasteiger partial charge on any atom is -0.462 e. The van der Waals surface area contributed by atoms with Crippen LogP contribution in [0.15, 0.2) is 12.1 Å². The summed E-state index contributed by atoms with van der Waals surface area (Å²) in [4.78, 5) is 11.6. The molecule has 0 radical (unpaired) electrons. The van der Waals surface area contributed by atoms with Crippen molar-refractivity contribution < 1.29 is 9.53 Å². The largest absolute Gasteiger partial charge is 0.462 e. The first-order valence-corrected chi connectivity index (χ1v) is 6.12. The second-order valence-corrected chi connectivity index (χ2v) is 4.08. The van der Waals surface area contributed by atoms with Crippen molar-refractivity contribution in [3.63, 3.8) is 0 Å². The van der Waals surface area contributed by atoms with Gasteiger partial charge in [-0.3, -0.25) is 0 Å². The molecule has 0 aromatic heterocycles. The molecule has 2 nitrogen and oxygen atoms in total. The Kier molecular flexibility index (Phi) is 4.61. The first-order chi connectivity index (χ1) is 7.10. The van der Waals surface area contributed by atoms with E-state index < -0.39 is 0 Å². The SMILES string of the molecule is CCOC(=O)c1cc(C)c(Cl)cc1CBr. The van der Waals surface area contributed by atoms with Crippen molar-refractivity contribution in [3.05, 3.63) is 33.8 Å². The summed E-state index contributed by atoms with van der Waals surface area (Å²) in [6, 6.07) is 3.55. The average molecular weight is 292 g/mol. The van der Waals surface area contributed by atoms with Gasteiger partial charge in [0.05, 0.1) is 12.2 Å². The third kappa shape index (κ3) is 2.95. The smallest absolute Gasteiger partial charge is 0.338 e. The van der Waals surface area contributed by atoms with Crippen LogP contribution < -0.4 is 0 Å². The number of alkyl halides is 1. The number of halogens is 2. The van der Waals surface area contributed by atoms with Crippen molar-refractivity contribution in [2.45, 2.75) is 19.2 Å². The molecule has 0 fully saturated rings. The number of carbonyl (C=O) groups excluding carboxylic acids is 1. The Balaban J connectivity index is 3.15. The molecular formula is C11H12BrClO2. The molecule has 0 bridgehead atoms. The van der Waals surface area contributed by atoms with Gasteiger partial charge in [-0.2, -0.15) is 0 Å². The Bertz CT molecular complexity index is 377. The van der Waals surface area contributed by atoms with Crippen LogP contribution in [0, 0.1) is 6.92 Å². The number of hydrogen-bond donors (Lipinski definition) is 0. The van der Waals surface area contributed by atoms with Gasteiger partial charge in [0.2, 0.25) is 0 Å². The van der Waals surface area contributed by atoms with E-state index in [9.17, 15) is 4.79 Å². The first-order valence-electron chi connectivity index (χ1n) is 4.62. The maximum Gasteiger partial charge on any atom is 0.338 e. The number of benzene rings is 1. The minimum absolute atomic E-state index is 0.299. The average Bonchev–Trinajstić information content (AvgIpc) is 2.21. The summed E-state index contributed by atoms with van der Waals surface area (Å²) in [6.07, 6.45) is 0. The summed E-state index contributed by atoms with van der Waals surface area (Å²) in [5.74, 6) is -0.299. The number of esters is 1. The molecule has 82 valence electrons. The summed E-state index contributed by atoms with van der Waals surface area (Å²) >= 11 is 9.29. The molecule has 0 saturated carbocycles. The predicted molar refractivity (Wildman–Crippen MR) is 64.8 cm³/mol. The van der Waals surface area contributed by atoms with Crippen molar-refractivity contribution in [2.75, 3.05) is 6.61 Å². The summed E-state index contributed by atoms with van der Waals surface area (Å²) in [7, 11) is 0. The predicted octanol–water partition coefficient (Wildman–Crippen LogP) is 3.72. The van der Waals surface area contributed by atoms with Gasteiger partial charge in [0.25, 0.3) is 0 Å². The number of carbonyl (C=O) groups is 1. The molecule has 1 rings (SSSR count). The highest BCUT2D eigenvalue weighted by Crippen LogP contribution is 2.23. The molecule has 0 aliphatic carbocycles. The second-order valence-electron chi connectivity index (χ2n) is 3.11. The summed E-state index contributed by atoms with van der Waals surface area (Å²) in [6.45, 7) is 4.03. The van der Waals surface area contributed by atoms with Crippen LogP contribution in [-0.2, 0) is 10.1 Å². The Morgan fingerprint density at radius 2 is 2.20 bits per heavy atom. The van der Waals surface area contributed by atoms with Gasteiger partial charge in [0.15, 0.2) is 0 Å². The van der Waals surface area contributed by atoms with Crippen molar-refractivity contribution in [2.24, 2.45) is 0 Å². The molecule has 0 spiro atoms. The third-order valence-electron chi connectivity index (χ3n) is 2.02. The van der Waals surface area contributed by atoms with E-state index in [0.717, 1.165) is 11.1 Å². The van der Waals surface area contributed by atoms with Crippen LogP contribution in [0.5, 0.6) is 0 Å². The van der Waals surface area contributed by atoms with Gasteiger partial charge in [0.1, 0.15) is 0 Å². The third-order valence-corrected chi connectivity index (χ3v) is 3.04. The lowest BCUT2D eigenvalue weighted by molar-refractivity contribution is 0.0525. The Morgan fingerprint density at radius 3 is 2.73 bits per heavy atom. The Labute approximate surface area is 103 Å². The van der Waals surface area contributed by atoms with E-state index in [-0.39, 0.29) is 5.97 Å². The van der Waals surface area contributed by atoms with Gasteiger partial charge in [-0.25, -0.2) is 4.79 Å². The van der Waals surface area contributed by atoms with E-state index in [2.05, 4.69) is 15.9 Å². The van der Waals surface area contributed by atoms with Gasteiger partial charge in [-0.1, -0.05) is 27.5 Å². The monoisotopic (exact) mass is 290 g/mol. The van der Waals surface area contributed by atoms with E-state index in [1.807, 2.05) is 6.92 Å². The molecule has 0 heterocycles. The van der Waals surface area contributed by atoms with Gasteiger partial charge >= 0.3 is 5.97 Å². The molecule has 1 aromatic carbocycles. The molecule has 0 N–H and O–H groups in total. The maximum absolute atomic E-state index is 11.6. The number of ether oxygens (including phenoxy) is 1. The molecule has 0 atom stereocenters. The maximum atomic E-state index is 11.6. The Morgan fingerprint density at radius 1 is 1.53 bits per heavy atom. The van der Waals surface area contributed by atoms with E-state index in [0.29, 0.717) is 22.5 Å². The van der Waals surface area contributed by atoms with Crippen LogP contribution in [0.3, 0.4) is 0 Å². The molecular weight excluding hydrogens is 279 g/mol. The fourth-order valence-corrected chi connectivity index (χ4v) is 1.88. The van der Waals surface area contributed by atoms with Gasteiger partial charge in [0, 0.05) is 10.4 Å². The summed E-state index contributed by atoms with van der Waals surface area (Å²) in [5, 5.41) is 1.25. The van der Waals surface area contributed by atoms with Crippen LogP contribution in [0.1, 0.15) is 28.4 Å². The number of rotatable bonds is 3. The number of aryl methyl sites for hydroxylation is 1. The van der Waals surface area contributed by atoms with Crippen LogP contribution in [0.4, 0.5) is 0 Å². The zero-order valence-corrected chi connectivity index (χ0v) is 11.0. The van der Waals surface area contributed by atoms with Crippen molar-refractivity contribution in [1.82, 2.24) is 0 Å². The van der Waals surface area contributed by atoms with E-state index in [1.165, 1.54) is 0 Å². The lowest BCUT2D eigenvalue weighted by Crippen LogP contribution is -2.08. The van der Waals surface area contributed by atoms with Crippen molar-refractivity contribution in [1.29, 1.82) is 0 Å². The Hall–Kier alpha value is -0.540. The van der Waals surface area contributed by atoms with Gasteiger partial charge < -0.3 is 4.74 Å². The molecule has 0 aliphatic rings. The molecule has 15 heavy (non-hydrogen) atoms. The fraction of sp³-hybridized carbons (Fsp3) is 0.364. The van der Waals surface area contributed by atoms with E-state index in [1.54, 1.807) is 19.1 Å². The highest BCUT2D eigenvalue weighted by Gasteiger charge is 2.13. The van der Waals surface area contributed by atoms with Crippen LogP contribution in [0.2, 0.25) is 5.02 Å². The molecule has 0 amide bonds.